The van der Waals surface area contributed by atoms with Gasteiger partial charge in [-0.1, -0.05) is 35.9 Å². The van der Waals surface area contributed by atoms with Crippen LogP contribution in [-0.2, 0) is 22.6 Å². The highest BCUT2D eigenvalue weighted by Crippen LogP contribution is 2.14. The number of amides is 2. The Kier molecular flexibility index (Phi) is 7.37. The molecule has 0 spiro atoms. The average Bonchev–Trinajstić information content (AvgIpc) is 2.66. The molecule has 0 aliphatic rings. The van der Waals surface area contributed by atoms with Gasteiger partial charge in [-0.3, -0.25) is 14.4 Å². The highest BCUT2D eigenvalue weighted by atomic mass is 35.5. The van der Waals surface area contributed by atoms with Gasteiger partial charge in [-0.15, -0.1) is 0 Å². The Labute approximate surface area is 162 Å². The molecular weight excluding hydrogens is 368 g/mol. The van der Waals surface area contributed by atoms with Crippen molar-refractivity contribution in [1.82, 2.24) is 10.2 Å². The molecule has 0 saturated carbocycles. The Balaban J connectivity index is 2.04. The number of aliphatic carboxylic acids is 1. The molecule has 2 amide bonds. The molecule has 0 unspecified atom stereocenters. The predicted octanol–water partition coefficient (Wildman–Crippen LogP) is 2.75. The lowest BCUT2D eigenvalue weighted by Gasteiger charge is -2.21. The number of carbonyl (C=O) groups is 3. The lowest BCUT2D eigenvalue weighted by Crippen LogP contribution is -2.35. The first kappa shape index (κ1) is 20.5. The summed E-state index contributed by atoms with van der Waals surface area (Å²) in [6.07, 6.45) is 0.568. The van der Waals surface area contributed by atoms with Crippen LogP contribution in [0.1, 0.15) is 27.9 Å². The molecule has 7 heteroatoms. The Hall–Kier alpha value is -2.86. The molecule has 0 heterocycles. The molecule has 2 aromatic rings. The third-order valence-electron chi connectivity index (χ3n) is 4.01. The second kappa shape index (κ2) is 9.73. The van der Waals surface area contributed by atoms with Gasteiger partial charge in [0.2, 0.25) is 5.91 Å². The molecule has 0 saturated heterocycles. The maximum atomic E-state index is 12.6. The first-order valence-corrected chi connectivity index (χ1v) is 8.82. The molecule has 0 aliphatic heterocycles. The molecule has 0 fully saturated rings. The van der Waals surface area contributed by atoms with Gasteiger partial charge in [0.15, 0.2) is 0 Å². The summed E-state index contributed by atoms with van der Waals surface area (Å²) >= 11 is 5.86. The largest absolute Gasteiger partial charge is 0.480 e. The summed E-state index contributed by atoms with van der Waals surface area (Å²) < 4.78 is 0. The van der Waals surface area contributed by atoms with E-state index in [0.717, 1.165) is 11.1 Å². The van der Waals surface area contributed by atoms with Crippen molar-refractivity contribution in [3.8, 4) is 0 Å². The van der Waals surface area contributed by atoms with Crippen LogP contribution in [0.25, 0.3) is 0 Å². The van der Waals surface area contributed by atoms with Crippen LogP contribution in [-0.4, -0.2) is 41.4 Å². The summed E-state index contributed by atoms with van der Waals surface area (Å²) in [5.41, 5.74) is 2.16. The number of carboxylic acid groups (broad SMARTS) is 1. The van der Waals surface area contributed by atoms with Crippen LogP contribution < -0.4 is 5.32 Å². The molecule has 0 radical (unpaired) electrons. The summed E-state index contributed by atoms with van der Waals surface area (Å²) in [5, 5.41) is 12.2. The van der Waals surface area contributed by atoms with E-state index in [2.05, 4.69) is 5.32 Å². The normalized spacial score (nSPS) is 10.3. The standard InChI is InChI=1S/C20H21ClN2O4/c1-22-20(27)16-4-2-3-14(11-16)7-10-18(24)23(13-19(25)26)12-15-5-8-17(21)9-6-15/h2-6,8-9,11H,7,10,12-13H2,1H3,(H,22,27)(H,25,26). The maximum Gasteiger partial charge on any atom is 0.323 e. The van der Waals surface area contributed by atoms with E-state index in [0.29, 0.717) is 17.0 Å². The van der Waals surface area contributed by atoms with Crippen molar-refractivity contribution in [1.29, 1.82) is 0 Å². The van der Waals surface area contributed by atoms with Crippen molar-refractivity contribution in [2.45, 2.75) is 19.4 Å². The van der Waals surface area contributed by atoms with Crippen molar-refractivity contribution in [2.24, 2.45) is 0 Å². The van der Waals surface area contributed by atoms with Gasteiger partial charge in [0.05, 0.1) is 0 Å². The maximum absolute atomic E-state index is 12.6. The highest BCUT2D eigenvalue weighted by Gasteiger charge is 2.17. The molecule has 0 bridgehead atoms. The molecule has 0 aliphatic carbocycles. The van der Waals surface area contributed by atoms with E-state index in [4.69, 9.17) is 16.7 Å². The van der Waals surface area contributed by atoms with Crippen LogP contribution >= 0.6 is 11.6 Å². The Morgan fingerprint density at radius 3 is 2.41 bits per heavy atom. The number of nitrogens with zero attached hydrogens (tertiary/aromatic N) is 1. The third-order valence-corrected chi connectivity index (χ3v) is 4.26. The lowest BCUT2D eigenvalue weighted by atomic mass is 10.1. The Morgan fingerprint density at radius 2 is 1.78 bits per heavy atom. The van der Waals surface area contributed by atoms with Gasteiger partial charge in [0.25, 0.3) is 5.91 Å². The van der Waals surface area contributed by atoms with Crippen LogP contribution in [0.15, 0.2) is 48.5 Å². The quantitative estimate of drug-likeness (QED) is 0.728. The van der Waals surface area contributed by atoms with Crippen LogP contribution in [0.5, 0.6) is 0 Å². The monoisotopic (exact) mass is 388 g/mol. The number of hydrogen-bond acceptors (Lipinski definition) is 3. The van der Waals surface area contributed by atoms with Crippen molar-refractivity contribution in [3.63, 3.8) is 0 Å². The van der Waals surface area contributed by atoms with Gasteiger partial charge in [0, 0.05) is 30.6 Å². The predicted molar refractivity (Wildman–Crippen MR) is 103 cm³/mol. The number of benzene rings is 2. The summed E-state index contributed by atoms with van der Waals surface area (Å²) in [5.74, 6) is -1.53. The fraction of sp³-hybridized carbons (Fsp3) is 0.250. The number of halogens is 1. The minimum Gasteiger partial charge on any atom is -0.480 e. The van der Waals surface area contributed by atoms with E-state index in [1.54, 1.807) is 49.5 Å². The first-order chi connectivity index (χ1) is 12.9. The third kappa shape index (κ3) is 6.42. The summed E-state index contributed by atoms with van der Waals surface area (Å²) in [7, 11) is 1.55. The van der Waals surface area contributed by atoms with Gasteiger partial charge < -0.3 is 15.3 Å². The molecule has 2 aromatic carbocycles. The van der Waals surface area contributed by atoms with E-state index in [-0.39, 0.29) is 31.3 Å². The van der Waals surface area contributed by atoms with Crippen molar-refractivity contribution in [2.75, 3.05) is 13.6 Å². The fourth-order valence-electron chi connectivity index (χ4n) is 2.63. The minimum absolute atomic E-state index is 0.151. The van der Waals surface area contributed by atoms with E-state index >= 15 is 0 Å². The number of hydrogen-bond donors (Lipinski definition) is 2. The molecule has 27 heavy (non-hydrogen) atoms. The molecule has 142 valence electrons. The van der Waals surface area contributed by atoms with Crippen LogP contribution in [0.4, 0.5) is 0 Å². The second-order valence-electron chi connectivity index (χ2n) is 6.05. The smallest absolute Gasteiger partial charge is 0.323 e. The van der Waals surface area contributed by atoms with Crippen LogP contribution in [0.3, 0.4) is 0 Å². The zero-order valence-electron chi connectivity index (χ0n) is 14.9. The molecule has 0 atom stereocenters. The van der Waals surface area contributed by atoms with E-state index < -0.39 is 5.97 Å². The lowest BCUT2D eigenvalue weighted by molar-refractivity contribution is -0.144. The molecule has 0 aromatic heterocycles. The van der Waals surface area contributed by atoms with Crippen molar-refractivity contribution >= 4 is 29.4 Å². The summed E-state index contributed by atoms with van der Waals surface area (Å²) in [4.78, 5) is 36.7. The zero-order chi connectivity index (χ0) is 19.8. The Bertz CT molecular complexity index is 821. The first-order valence-electron chi connectivity index (χ1n) is 8.44. The minimum atomic E-state index is -1.07. The molecule has 6 nitrogen and oxygen atoms in total. The highest BCUT2D eigenvalue weighted by molar-refractivity contribution is 6.30. The second-order valence-corrected chi connectivity index (χ2v) is 6.49. The fourth-order valence-corrected chi connectivity index (χ4v) is 2.75. The van der Waals surface area contributed by atoms with Gasteiger partial charge in [-0.05, 0) is 41.8 Å². The van der Waals surface area contributed by atoms with E-state index in [9.17, 15) is 14.4 Å². The zero-order valence-corrected chi connectivity index (χ0v) is 15.7. The molecule has 2 rings (SSSR count). The van der Waals surface area contributed by atoms with Crippen LogP contribution in [0.2, 0.25) is 5.02 Å². The number of carbonyl (C=O) groups excluding carboxylic acids is 2. The van der Waals surface area contributed by atoms with Crippen molar-refractivity contribution in [3.05, 3.63) is 70.2 Å². The van der Waals surface area contributed by atoms with Crippen LogP contribution in [0, 0.1) is 0 Å². The van der Waals surface area contributed by atoms with Gasteiger partial charge in [-0.2, -0.15) is 0 Å². The number of nitrogens with one attached hydrogen (secondary N) is 1. The van der Waals surface area contributed by atoms with E-state index in [1.807, 2.05) is 6.07 Å². The summed E-state index contributed by atoms with van der Waals surface area (Å²) in [6, 6.07) is 13.9. The molecular formula is C20H21ClN2O4. The van der Waals surface area contributed by atoms with Gasteiger partial charge in [0.1, 0.15) is 6.54 Å². The van der Waals surface area contributed by atoms with Gasteiger partial charge >= 0.3 is 5.97 Å². The van der Waals surface area contributed by atoms with E-state index in [1.165, 1.54) is 4.90 Å². The van der Waals surface area contributed by atoms with Gasteiger partial charge in [-0.25, -0.2) is 0 Å². The number of carboxylic acids is 1. The number of rotatable bonds is 8. The SMILES string of the molecule is CNC(=O)c1cccc(CCC(=O)N(CC(=O)O)Cc2ccc(Cl)cc2)c1. The van der Waals surface area contributed by atoms with Crippen molar-refractivity contribution < 1.29 is 19.5 Å². The summed E-state index contributed by atoms with van der Waals surface area (Å²) in [6.45, 7) is -0.180. The topological polar surface area (TPSA) is 86.7 Å². The Morgan fingerprint density at radius 1 is 1.07 bits per heavy atom. The molecule has 2 N–H and O–H groups in total. The number of aryl methyl sites for hydroxylation is 1. The average molecular weight is 389 g/mol.